The van der Waals surface area contributed by atoms with Crippen molar-refractivity contribution in [1.82, 2.24) is 0 Å². The molecule has 0 aliphatic carbocycles. The summed E-state index contributed by atoms with van der Waals surface area (Å²) < 4.78 is 0. The van der Waals surface area contributed by atoms with Crippen LogP contribution in [-0.4, -0.2) is 47.3 Å². The van der Waals surface area contributed by atoms with E-state index in [0.29, 0.717) is 25.9 Å². The first kappa shape index (κ1) is 21.1. The molecule has 0 saturated heterocycles. The minimum atomic E-state index is -0.933. The third kappa shape index (κ3) is 14.8. The van der Waals surface area contributed by atoms with Gasteiger partial charge in [-0.2, -0.15) is 0 Å². The van der Waals surface area contributed by atoms with Crippen LogP contribution in [0, 0.1) is 0 Å². The first-order chi connectivity index (χ1) is 9.36. The van der Waals surface area contributed by atoms with Crippen molar-refractivity contribution < 1.29 is 19.8 Å². The molecule has 0 amide bonds. The first-order valence-electron chi connectivity index (χ1n) is 6.73. The average molecular weight is 292 g/mol. The van der Waals surface area contributed by atoms with Crippen molar-refractivity contribution in [3.63, 3.8) is 0 Å². The molecule has 0 aromatic heterocycles. The maximum atomic E-state index is 10.1. The van der Waals surface area contributed by atoms with Gasteiger partial charge in [-0.05, 0) is 38.8 Å². The summed E-state index contributed by atoms with van der Waals surface area (Å²) in [5.74, 6) is -1.87. The van der Waals surface area contributed by atoms with E-state index < -0.39 is 24.0 Å². The van der Waals surface area contributed by atoms with Crippen LogP contribution in [0.4, 0.5) is 0 Å². The van der Waals surface area contributed by atoms with E-state index in [1.807, 2.05) is 0 Å². The number of hydrogen-bond acceptors (Lipinski definition) is 6. The Kier molecular flexibility index (Phi) is 15.0. The second-order valence-corrected chi connectivity index (χ2v) is 4.46. The number of unbranched alkanes of at least 4 members (excludes halogenated alkanes) is 2. The molecule has 0 heterocycles. The molecule has 2 atom stereocenters. The Bertz CT molecular complexity index is 238. The summed E-state index contributed by atoms with van der Waals surface area (Å²) >= 11 is 0. The minimum absolute atomic E-state index is 0.520. The van der Waals surface area contributed by atoms with Crippen molar-refractivity contribution in [1.29, 1.82) is 0 Å². The molecule has 0 spiro atoms. The van der Waals surface area contributed by atoms with Crippen LogP contribution >= 0.6 is 0 Å². The molecular formula is C12H28N4O4. The molecule has 120 valence electrons. The van der Waals surface area contributed by atoms with E-state index in [-0.39, 0.29) is 0 Å². The highest BCUT2D eigenvalue weighted by Crippen LogP contribution is 1.97. The predicted octanol–water partition coefficient (Wildman–Crippen LogP) is -0.945. The molecule has 0 saturated carbocycles. The molecule has 0 aliphatic heterocycles. The minimum Gasteiger partial charge on any atom is -0.480 e. The number of rotatable bonds is 10. The van der Waals surface area contributed by atoms with Gasteiger partial charge in [-0.1, -0.05) is 12.8 Å². The number of carboxylic acids is 2. The number of carbonyl (C=O) groups is 2. The van der Waals surface area contributed by atoms with E-state index in [9.17, 15) is 9.59 Å². The second kappa shape index (κ2) is 14.2. The van der Waals surface area contributed by atoms with Gasteiger partial charge in [-0.25, -0.2) is 0 Å². The van der Waals surface area contributed by atoms with Crippen molar-refractivity contribution in [2.24, 2.45) is 22.9 Å². The summed E-state index contributed by atoms with van der Waals surface area (Å²) in [6, 6.07) is -1.43. The summed E-state index contributed by atoms with van der Waals surface area (Å²) in [7, 11) is 0. The monoisotopic (exact) mass is 292 g/mol. The van der Waals surface area contributed by atoms with Crippen LogP contribution in [0.25, 0.3) is 0 Å². The molecule has 10 N–H and O–H groups in total. The Morgan fingerprint density at radius 1 is 0.750 bits per heavy atom. The third-order valence-corrected chi connectivity index (χ3v) is 2.57. The fraction of sp³-hybridized carbons (Fsp3) is 0.833. The molecule has 1 unspecified atom stereocenters. The second-order valence-electron chi connectivity index (χ2n) is 4.46. The van der Waals surface area contributed by atoms with Gasteiger partial charge in [0, 0.05) is 0 Å². The molecule has 0 rings (SSSR count). The number of nitrogens with two attached hydrogens (primary N) is 4. The lowest BCUT2D eigenvalue weighted by Gasteiger charge is -2.03. The van der Waals surface area contributed by atoms with Crippen LogP contribution in [0.1, 0.15) is 38.5 Å². The van der Waals surface area contributed by atoms with E-state index in [1.54, 1.807) is 0 Å². The summed E-state index contributed by atoms with van der Waals surface area (Å²) in [5.41, 5.74) is 20.8. The van der Waals surface area contributed by atoms with Crippen LogP contribution in [0.15, 0.2) is 0 Å². The van der Waals surface area contributed by atoms with Crippen molar-refractivity contribution in [2.45, 2.75) is 50.6 Å². The molecule has 8 heteroatoms. The fourth-order valence-corrected chi connectivity index (χ4v) is 1.26. The molecule has 0 aromatic rings. The number of hydrogen-bond donors (Lipinski definition) is 6. The van der Waals surface area contributed by atoms with Gasteiger partial charge in [0.2, 0.25) is 0 Å². The van der Waals surface area contributed by atoms with Crippen LogP contribution in [-0.2, 0) is 9.59 Å². The van der Waals surface area contributed by atoms with Crippen molar-refractivity contribution >= 4 is 11.9 Å². The Morgan fingerprint density at radius 3 is 1.25 bits per heavy atom. The van der Waals surface area contributed by atoms with E-state index >= 15 is 0 Å². The fourth-order valence-electron chi connectivity index (χ4n) is 1.26. The Balaban J connectivity index is 0. The zero-order chi connectivity index (χ0) is 16.0. The average Bonchev–Trinajstić information content (AvgIpc) is 2.39. The molecule has 8 nitrogen and oxygen atoms in total. The van der Waals surface area contributed by atoms with E-state index in [2.05, 4.69) is 0 Å². The molecule has 0 aliphatic rings. The van der Waals surface area contributed by atoms with Crippen molar-refractivity contribution in [3.8, 4) is 0 Å². The van der Waals surface area contributed by atoms with E-state index in [1.165, 1.54) is 0 Å². The quantitative estimate of drug-likeness (QED) is 0.279. The highest BCUT2D eigenvalue weighted by atomic mass is 16.4. The van der Waals surface area contributed by atoms with Gasteiger partial charge in [-0.3, -0.25) is 9.59 Å². The van der Waals surface area contributed by atoms with Gasteiger partial charge in [0.1, 0.15) is 12.1 Å². The van der Waals surface area contributed by atoms with Gasteiger partial charge in [-0.15, -0.1) is 0 Å². The summed E-state index contributed by atoms with van der Waals surface area (Å²) in [4.78, 5) is 20.3. The molecule has 0 radical (unpaired) electrons. The molecule has 20 heavy (non-hydrogen) atoms. The van der Waals surface area contributed by atoms with Gasteiger partial charge < -0.3 is 33.1 Å². The van der Waals surface area contributed by atoms with Gasteiger partial charge in [0.05, 0.1) is 0 Å². The normalized spacial score (nSPS) is 13.0. The first-order valence-corrected chi connectivity index (χ1v) is 6.73. The maximum Gasteiger partial charge on any atom is 0.320 e. The Morgan fingerprint density at radius 2 is 1.05 bits per heavy atom. The Labute approximate surface area is 119 Å². The van der Waals surface area contributed by atoms with E-state index in [0.717, 1.165) is 25.7 Å². The highest BCUT2D eigenvalue weighted by Gasteiger charge is 2.09. The summed E-state index contributed by atoms with van der Waals surface area (Å²) in [6.45, 7) is 1.21. The van der Waals surface area contributed by atoms with Gasteiger partial charge >= 0.3 is 11.9 Å². The standard InChI is InChI=1S/2C6H14N2O2/c2*7-4-2-1-3-5(8)6(9)10/h2*5H,1-4,7-8H2,(H,9,10)/t5-;/m0./s1. The molecule has 0 aromatic carbocycles. The SMILES string of the molecule is NCCCCC(N)C(=O)O.NCCCC[C@H](N)C(=O)O. The van der Waals surface area contributed by atoms with E-state index in [4.69, 9.17) is 33.1 Å². The van der Waals surface area contributed by atoms with Crippen LogP contribution in [0.3, 0.4) is 0 Å². The van der Waals surface area contributed by atoms with Crippen LogP contribution in [0.2, 0.25) is 0 Å². The smallest absolute Gasteiger partial charge is 0.320 e. The maximum absolute atomic E-state index is 10.1. The predicted molar refractivity (Wildman–Crippen MR) is 77.0 cm³/mol. The van der Waals surface area contributed by atoms with Crippen molar-refractivity contribution in [3.05, 3.63) is 0 Å². The molecule has 0 bridgehead atoms. The highest BCUT2D eigenvalue weighted by molar-refractivity contribution is 5.73. The number of aliphatic carboxylic acids is 2. The lowest BCUT2D eigenvalue weighted by molar-refractivity contribution is -0.139. The van der Waals surface area contributed by atoms with Crippen LogP contribution in [0.5, 0.6) is 0 Å². The number of carboxylic acid groups (broad SMARTS) is 2. The zero-order valence-corrected chi connectivity index (χ0v) is 11.8. The molecule has 0 fully saturated rings. The topological polar surface area (TPSA) is 179 Å². The summed E-state index contributed by atoms with van der Waals surface area (Å²) in [5, 5.41) is 16.7. The third-order valence-electron chi connectivity index (χ3n) is 2.57. The largest absolute Gasteiger partial charge is 0.480 e. The lowest BCUT2D eigenvalue weighted by Crippen LogP contribution is -2.29. The van der Waals surface area contributed by atoms with Gasteiger partial charge in [0.15, 0.2) is 0 Å². The lowest BCUT2D eigenvalue weighted by atomic mass is 10.1. The Hall–Kier alpha value is -1.22. The molecular weight excluding hydrogens is 264 g/mol. The van der Waals surface area contributed by atoms with Crippen molar-refractivity contribution in [2.75, 3.05) is 13.1 Å². The zero-order valence-electron chi connectivity index (χ0n) is 11.8. The van der Waals surface area contributed by atoms with Gasteiger partial charge in [0.25, 0.3) is 0 Å². The van der Waals surface area contributed by atoms with Crippen LogP contribution < -0.4 is 22.9 Å². The summed E-state index contributed by atoms with van der Waals surface area (Å²) in [6.07, 6.45) is 4.33.